The second-order valence-corrected chi connectivity index (χ2v) is 12.7. The van der Waals surface area contributed by atoms with Gasteiger partial charge in [0.25, 0.3) is 5.56 Å². The minimum Gasteiger partial charge on any atom is -0.490 e. The lowest BCUT2D eigenvalue weighted by molar-refractivity contribution is -0.136. The monoisotopic (exact) mass is 822 g/mol. The van der Waals surface area contributed by atoms with E-state index in [2.05, 4.69) is 50.2 Å². The van der Waals surface area contributed by atoms with Gasteiger partial charge in [-0.25, -0.2) is 9.79 Å². The number of hydrogen-bond donors (Lipinski definition) is 0. The molecule has 11 heteroatoms. The number of ether oxygens (including phenoxy) is 4. The maximum Gasteiger partial charge on any atom is 0.337 e. The highest BCUT2D eigenvalue weighted by molar-refractivity contribution is 14.1. The smallest absolute Gasteiger partial charge is 0.337 e. The Bertz CT molecular complexity index is 1870. The van der Waals surface area contributed by atoms with E-state index in [-0.39, 0.29) is 11.1 Å². The molecule has 0 fully saturated rings. The molecule has 8 nitrogen and oxygen atoms in total. The fraction of sp³-hybridized carbons (Fsp3) is 0.219. The second-order valence-electron chi connectivity index (χ2n) is 9.33. The van der Waals surface area contributed by atoms with Crippen LogP contribution in [0.15, 0.2) is 82.2 Å². The summed E-state index contributed by atoms with van der Waals surface area (Å²) in [4.78, 5) is 32.0. The SMILES string of the molecule is CCOc1ccc([C@H]2C(C(=O)OC)=CN=c3s/c(=C/c4cc(I)cc(I)c4OCc4ccccc4)c(=O)n32)cc1OCC. The number of nitrogens with zero attached hydrogens (tertiary/aromatic N) is 2. The van der Waals surface area contributed by atoms with Gasteiger partial charge in [-0.3, -0.25) is 9.36 Å². The third kappa shape index (κ3) is 6.83. The predicted octanol–water partition coefficient (Wildman–Crippen LogP) is 5.60. The zero-order valence-corrected chi connectivity index (χ0v) is 28.8. The van der Waals surface area contributed by atoms with Crippen molar-refractivity contribution in [2.45, 2.75) is 26.5 Å². The first-order valence-electron chi connectivity index (χ1n) is 13.5. The number of thiazole rings is 1. The van der Waals surface area contributed by atoms with Crippen LogP contribution in [0.3, 0.4) is 0 Å². The topological polar surface area (TPSA) is 88.4 Å². The van der Waals surface area contributed by atoms with Crippen LogP contribution in [0.5, 0.6) is 17.2 Å². The summed E-state index contributed by atoms with van der Waals surface area (Å²) in [5.74, 6) is 1.23. The zero-order chi connectivity index (χ0) is 30.5. The summed E-state index contributed by atoms with van der Waals surface area (Å²) in [6.07, 6.45) is 3.31. The molecule has 0 bridgehead atoms. The van der Waals surface area contributed by atoms with Crippen molar-refractivity contribution in [2.75, 3.05) is 20.3 Å². The summed E-state index contributed by atoms with van der Waals surface area (Å²) in [5, 5.41) is 0. The summed E-state index contributed by atoms with van der Waals surface area (Å²) >= 11 is 5.77. The van der Waals surface area contributed by atoms with Crippen molar-refractivity contribution in [3.8, 4) is 17.2 Å². The maximum atomic E-state index is 14.1. The second kappa shape index (κ2) is 14.1. The summed E-state index contributed by atoms with van der Waals surface area (Å²) < 4.78 is 26.9. The third-order valence-corrected chi connectivity index (χ3v) is 8.98. The van der Waals surface area contributed by atoms with Crippen molar-refractivity contribution in [2.24, 2.45) is 4.99 Å². The first-order valence-corrected chi connectivity index (χ1v) is 16.5. The first-order chi connectivity index (χ1) is 20.8. The van der Waals surface area contributed by atoms with Crippen LogP contribution in [0.4, 0.5) is 0 Å². The average Bonchev–Trinajstić information content (AvgIpc) is 3.32. The lowest BCUT2D eigenvalue weighted by Crippen LogP contribution is -2.39. The Hall–Kier alpha value is -3.17. The normalized spacial score (nSPS) is 14.4. The van der Waals surface area contributed by atoms with Crippen LogP contribution in [0.2, 0.25) is 0 Å². The van der Waals surface area contributed by atoms with E-state index in [0.717, 1.165) is 18.3 Å². The molecule has 1 aromatic heterocycles. The molecule has 5 rings (SSSR count). The molecular weight excluding hydrogens is 794 g/mol. The molecule has 4 aromatic rings. The molecule has 43 heavy (non-hydrogen) atoms. The molecule has 0 radical (unpaired) electrons. The van der Waals surface area contributed by atoms with Gasteiger partial charge in [0.2, 0.25) is 0 Å². The van der Waals surface area contributed by atoms with Crippen molar-refractivity contribution < 1.29 is 23.7 Å². The van der Waals surface area contributed by atoms with Gasteiger partial charge in [-0.2, -0.15) is 0 Å². The largest absolute Gasteiger partial charge is 0.490 e. The van der Waals surface area contributed by atoms with Crippen LogP contribution >= 0.6 is 56.5 Å². The molecule has 0 spiro atoms. The van der Waals surface area contributed by atoms with Gasteiger partial charge in [-0.15, -0.1) is 0 Å². The van der Waals surface area contributed by atoms with Crippen LogP contribution in [0.25, 0.3) is 6.08 Å². The van der Waals surface area contributed by atoms with Crippen LogP contribution in [-0.2, 0) is 16.1 Å². The fourth-order valence-corrected chi connectivity index (χ4v) is 7.70. The number of fused-ring (bicyclic) bond motifs is 1. The van der Waals surface area contributed by atoms with Crippen LogP contribution in [0.1, 0.15) is 36.6 Å². The van der Waals surface area contributed by atoms with Gasteiger partial charge in [-0.1, -0.05) is 47.7 Å². The summed E-state index contributed by atoms with van der Waals surface area (Å²) in [5.41, 5.74) is 2.45. The van der Waals surface area contributed by atoms with E-state index in [1.807, 2.05) is 68.5 Å². The Morgan fingerprint density at radius 1 is 1.00 bits per heavy atom. The predicted molar refractivity (Wildman–Crippen MR) is 183 cm³/mol. The third-order valence-electron chi connectivity index (χ3n) is 6.56. The molecule has 1 aliphatic heterocycles. The molecule has 2 heterocycles. The van der Waals surface area contributed by atoms with Crippen molar-refractivity contribution in [3.63, 3.8) is 0 Å². The minimum absolute atomic E-state index is 0.240. The average molecular weight is 822 g/mol. The van der Waals surface area contributed by atoms with E-state index in [4.69, 9.17) is 18.9 Å². The van der Waals surface area contributed by atoms with Crippen LogP contribution < -0.4 is 29.1 Å². The van der Waals surface area contributed by atoms with Gasteiger partial charge in [0.05, 0.1) is 40.0 Å². The van der Waals surface area contributed by atoms with Crippen LogP contribution in [-0.4, -0.2) is 30.9 Å². The minimum atomic E-state index is -0.773. The lowest BCUT2D eigenvalue weighted by atomic mass is 9.97. The highest BCUT2D eigenvalue weighted by atomic mass is 127. The van der Waals surface area contributed by atoms with Gasteiger partial charge in [0.1, 0.15) is 12.4 Å². The van der Waals surface area contributed by atoms with E-state index in [1.54, 1.807) is 12.1 Å². The Morgan fingerprint density at radius 3 is 2.47 bits per heavy atom. The van der Waals surface area contributed by atoms with Crippen molar-refractivity contribution in [3.05, 3.63) is 116 Å². The summed E-state index contributed by atoms with van der Waals surface area (Å²) in [7, 11) is 1.31. The van der Waals surface area contributed by atoms with Crippen molar-refractivity contribution in [1.82, 2.24) is 4.57 Å². The standard InChI is InChI=1S/C32H28I2N2O6S/c1-4-40-25-12-11-20(14-26(25)41-5-2)28-23(31(38)39-3)17-35-32-36(28)30(37)27(43-32)15-21-13-22(33)16-24(34)29(21)42-18-19-9-7-6-8-10-19/h6-17,28H,4-5,18H2,1-3H3/b27-15+/t28-/m0/s1. The van der Waals surface area contributed by atoms with E-state index in [0.29, 0.717) is 52.0 Å². The first kappa shape index (κ1) is 31.3. The number of rotatable bonds is 10. The highest BCUT2D eigenvalue weighted by Crippen LogP contribution is 2.35. The summed E-state index contributed by atoms with van der Waals surface area (Å²) in [6.45, 7) is 5.07. The number of methoxy groups -OCH3 is 1. The number of benzene rings is 3. The molecule has 0 N–H and O–H groups in total. The van der Waals surface area contributed by atoms with Gasteiger partial charge in [0, 0.05) is 15.3 Å². The number of carbonyl (C=O) groups is 1. The van der Waals surface area contributed by atoms with Gasteiger partial charge < -0.3 is 18.9 Å². The van der Waals surface area contributed by atoms with E-state index in [9.17, 15) is 9.59 Å². The molecule has 0 aliphatic carbocycles. The zero-order valence-electron chi connectivity index (χ0n) is 23.6. The van der Waals surface area contributed by atoms with Gasteiger partial charge >= 0.3 is 5.97 Å². The Kier molecular flexibility index (Phi) is 10.2. The number of esters is 1. The molecule has 0 saturated heterocycles. The quantitative estimate of drug-likeness (QED) is 0.153. The Morgan fingerprint density at radius 2 is 1.74 bits per heavy atom. The van der Waals surface area contributed by atoms with Gasteiger partial charge in [0.15, 0.2) is 16.3 Å². The van der Waals surface area contributed by atoms with E-state index < -0.39 is 12.0 Å². The lowest BCUT2D eigenvalue weighted by Gasteiger charge is -2.23. The summed E-state index contributed by atoms with van der Waals surface area (Å²) in [6, 6.07) is 18.6. The van der Waals surface area contributed by atoms with Crippen molar-refractivity contribution >= 4 is 68.6 Å². The molecule has 3 aromatic carbocycles. The van der Waals surface area contributed by atoms with Gasteiger partial charge in [-0.05, 0) is 100 Å². The fourth-order valence-electron chi connectivity index (χ4n) is 4.70. The molecule has 222 valence electrons. The number of carbonyl (C=O) groups excluding carboxylic acids is 1. The molecule has 0 unspecified atom stereocenters. The van der Waals surface area contributed by atoms with Crippen molar-refractivity contribution in [1.29, 1.82) is 0 Å². The van der Waals surface area contributed by atoms with Crippen LogP contribution in [0, 0.1) is 7.14 Å². The molecule has 0 saturated carbocycles. The number of hydrogen-bond acceptors (Lipinski definition) is 8. The molecule has 1 aliphatic rings. The molecular formula is C32H28I2N2O6S. The highest BCUT2D eigenvalue weighted by Gasteiger charge is 2.31. The maximum absolute atomic E-state index is 14.1. The number of halogens is 2. The molecule has 0 amide bonds. The van der Waals surface area contributed by atoms with E-state index in [1.165, 1.54) is 29.2 Å². The Labute approximate surface area is 279 Å². The molecule has 1 atom stereocenters. The van der Waals surface area contributed by atoms with E-state index >= 15 is 0 Å². The number of aromatic nitrogens is 1. The Balaban J connectivity index is 1.64.